The second kappa shape index (κ2) is 12.1. The Morgan fingerprint density at radius 2 is 1.84 bits per heavy atom. The number of rotatable bonds is 8. The highest BCUT2D eigenvalue weighted by Gasteiger charge is 2.66. The molecule has 0 bridgehead atoms. The van der Waals surface area contributed by atoms with E-state index < -0.39 is 79.0 Å². The number of nitro benzene ring substituents is 1. The predicted octanol–water partition coefficient (Wildman–Crippen LogP) is 1.04. The normalized spacial score (nSPS) is 33.0. The second-order valence-electron chi connectivity index (χ2n) is 12.2. The molecule has 5 rings (SSSR count). The molecule has 0 radical (unpaired) electrons. The Labute approximate surface area is 258 Å². The first-order chi connectivity index (χ1) is 21.1. The number of halogens is 1. The number of ether oxygens (including phenoxy) is 2. The SMILES string of the molecule is C[C@H]1[C@H]([Si](C)(C)F)[C@@H](CCO)O[C@]12C(=O)N(Cc1cccc(NC(=O)[C@H]3O[C@@H](O)[C@H](O)[C@@H](O)[C@@H]3O)c1)c1ccc([N+](=O)[O-])cc12. The van der Waals surface area contributed by atoms with Crippen LogP contribution in [0.25, 0.3) is 0 Å². The molecule has 2 aromatic rings. The molecule has 2 aromatic carbocycles. The molecule has 14 nitrogen and oxygen atoms in total. The van der Waals surface area contributed by atoms with Gasteiger partial charge in [-0.2, -0.15) is 0 Å². The quantitative estimate of drug-likeness (QED) is 0.103. The van der Waals surface area contributed by atoms with Crippen LogP contribution in [0.5, 0.6) is 0 Å². The summed E-state index contributed by atoms with van der Waals surface area (Å²) in [4.78, 5) is 39.8. The Kier molecular flexibility index (Phi) is 8.88. The second-order valence-corrected chi connectivity index (χ2v) is 16.0. The van der Waals surface area contributed by atoms with Gasteiger partial charge in [0.25, 0.3) is 17.5 Å². The van der Waals surface area contributed by atoms with Gasteiger partial charge in [0, 0.05) is 41.4 Å². The lowest BCUT2D eigenvalue weighted by Gasteiger charge is -2.37. The van der Waals surface area contributed by atoms with Crippen LogP contribution in [0.3, 0.4) is 0 Å². The number of nitrogens with zero attached hydrogens (tertiary/aromatic N) is 2. The van der Waals surface area contributed by atoms with Crippen LogP contribution in [0.15, 0.2) is 42.5 Å². The molecule has 0 aromatic heterocycles. The van der Waals surface area contributed by atoms with Crippen LogP contribution >= 0.6 is 0 Å². The lowest BCUT2D eigenvalue weighted by molar-refractivity contribution is -0.385. The Hall–Kier alpha value is -3.35. The Morgan fingerprint density at radius 1 is 1.13 bits per heavy atom. The molecule has 0 aliphatic carbocycles. The fraction of sp³-hybridized carbons (Fsp3) is 0.517. The van der Waals surface area contributed by atoms with Gasteiger partial charge < -0.3 is 49.3 Å². The zero-order chi connectivity index (χ0) is 33.0. The van der Waals surface area contributed by atoms with Crippen LogP contribution < -0.4 is 10.2 Å². The van der Waals surface area contributed by atoms with E-state index in [-0.39, 0.29) is 36.5 Å². The van der Waals surface area contributed by atoms with E-state index >= 15 is 4.11 Å². The van der Waals surface area contributed by atoms with E-state index in [1.165, 1.54) is 48.3 Å². The highest BCUT2D eigenvalue weighted by atomic mass is 28.4. The molecule has 16 heteroatoms. The Balaban J connectivity index is 1.46. The molecule has 0 unspecified atom stereocenters. The minimum Gasteiger partial charge on any atom is -0.396 e. The molecule has 1 spiro atoms. The first kappa shape index (κ1) is 33.0. The summed E-state index contributed by atoms with van der Waals surface area (Å²) < 4.78 is 27.1. The topological polar surface area (TPSA) is 212 Å². The molecule has 2 amide bonds. The predicted molar refractivity (Wildman–Crippen MR) is 158 cm³/mol. The lowest BCUT2D eigenvalue weighted by Crippen LogP contribution is -2.60. The Bertz CT molecular complexity index is 1490. The average Bonchev–Trinajstić information content (AvgIpc) is 3.40. The minimum atomic E-state index is -3.47. The van der Waals surface area contributed by atoms with Crippen molar-refractivity contribution in [1.82, 2.24) is 0 Å². The minimum absolute atomic E-state index is 0.0663. The number of hydrogen-bond donors (Lipinski definition) is 6. The van der Waals surface area contributed by atoms with Gasteiger partial charge in [0.05, 0.1) is 23.3 Å². The van der Waals surface area contributed by atoms with Gasteiger partial charge in [-0.3, -0.25) is 19.7 Å². The molecule has 3 aliphatic rings. The van der Waals surface area contributed by atoms with Crippen molar-refractivity contribution in [3.63, 3.8) is 0 Å². The molecule has 244 valence electrons. The number of carbonyl (C=O) groups excluding carboxylic acids is 2. The summed E-state index contributed by atoms with van der Waals surface area (Å²) in [7, 11) is -3.47. The third-order valence-electron chi connectivity index (χ3n) is 8.95. The number of nitro groups is 1. The van der Waals surface area contributed by atoms with Gasteiger partial charge in [-0.05, 0) is 43.3 Å². The zero-order valence-electron chi connectivity index (χ0n) is 24.7. The zero-order valence-corrected chi connectivity index (χ0v) is 25.7. The number of carbonyl (C=O) groups is 2. The number of benzene rings is 2. The fourth-order valence-corrected chi connectivity index (χ4v) is 9.47. The van der Waals surface area contributed by atoms with Crippen LogP contribution in [0.4, 0.5) is 21.2 Å². The first-order valence-corrected chi connectivity index (χ1v) is 17.4. The Morgan fingerprint density at radius 3 is 2.49 bits per heavy atom. The van der Waals surface area contributed by atoms with Crippen molar-refractivity contribution in [3.8, 4) is 0 Å². The van der Waals surface area contributed by atoms with Gasteiger partial charge in [-0.25, -0.2) is 0 Å². The summed E-state index contributed by atoms with van der Waals surface area (Å²) in [6.45, 7) is 4.35. The monoisotopic (exact) mass is 649 g/mol. The smallest absolute Gasteiger partial charge is 0.269 e. The van der Waals surface area contributed by atoms with Crippen molar-refractivity contribution in [3.05, 3.63) is 63.7 Å². The maximum Gasteiger partial charge on any atom is 0.269 e. The summed E-state index contributed by atoms with van der Waals surface area (Å²) >= 11 is 0. The van der Waals surface area contributed by atoms with Crippen LogP contribution in [0.2, 0.25) is 18.6 Å². The third-order valence-corrected chi connectivity index (χ3v) is 11.4. The number of anilines is 2. The van der Waals surface area contributed by atoms with Crippen molar-refractivity contribution >= 4 is 37.3 Å². The van der Waals surface area contributed by atoms with Gasteiger partial charge in [0.1, 0.15) is 18.3 Å². The van der Waals surface area contributed by atoms with Crippen LogP contribution in [-0.4, -0.2) is 94.1 Å². The summed E-state index contributed by atoms with van der Waals surface area (Å²) in [5, 5.41) is 63.6. The molecule has 2 fully saturated rings. The summed E-state index contributed by atoms with van der Waals surface area (Å²) in [5.74, 6) is -2.16. The number of amides is 2. The van der Waals surface area contributed by atoms with Gasteiger partial charge in [0.2, 0.25) is 8.41 Å². The summed E-state index contributed by atoms with van der Waals surface area (Å²) in [6.07, 6.45) is -9.77. The van der Waals surface area contributed by atoms with E-state index in [4.69, 9.17) is 9.47 Å². The van der Waals surface area contributed by atoms with E-state index in [0.29, 0.717) is 11.3 Å². The van der Waals surface area contributed by atoms with E-state index in [0.717, 1.165) is 0 Å². The fourth-order valence-electron chi connectivity index (χ4n) is 6.92. The average molecular weight is 650 g/mol. The maximum atomic E-state index is 15.7. The van der Waals surface area contributed by atoms with Crippen LogP contribution in [0, 0.1) is 16.0 Å². The number of aliphatic hydroxyl groups excluding tert-OH is 5. The molecular formula is C29H36FN3O11Si. The van der Waals surface area contributed by atoms with E-state index in [2.05, 4.69) is 5.32 Å². The van der Waals surface area contributed by atoms with Gasteiger partial charge in [0.15, 0.2) is 18.0 Å². The van der Waals surface area contributed by atoms with Crippen LogP contribution in [-0.2, 0) is 31.2 Å². The third kappa shape index (κ3) is 5.65. The molecule has 3 aliphatic heterocycles. The highest BCUT2D eigenvalue weighted by molar-refractivity contribution is 6.72. The number of aliphatic hydroxyl groups is 5. The standard InChI is InChI=1S/C29H36FN3O11Si/c1-14-25(45(2,3)30)20(9-10-34)44-29(14)18-12-17(33(41)42)7-8-19(18)32(28(29)40)13-15-5-4-6-16(11-15)31-26(38)24-22(36)21(35)23(37)27(39)43-24/h4-8,11-12,14,20-25,27,34-37,39H,9-10,13H2,1-3H3,(H,31,38)/t14-,20+,21-,22-,23+,24-,25-,27+,29+/m0/s1. The maximum absolute atomic E-state index is 15.7. The number of nitrogens with one attached hydrogen (secondary N) is 1. The van der Waals surface area contributed by atoms with Crippen LogP contribution in [0.1, 0.15) is 24.5 Å². The molecule has 45 heavy (non-hydrogen) atoms. The van der Waals surface area contributed by atoms with Crippen molar-refractivity contribution in [2.24, 2.45) is 5.92 Å². The highest BCUT2D eigenvalue weighted by Crippen LogP contribution is 2.60. The number of hydrogen-bond acceptors (Lipinski definition) is 11. The summed E-state index contributed by atoms with van der Waals surface area (Å²) in [6, 6.07) is 10.3. The van der Waals surface area contributed by atoms with Crippen molar-refractivity contribution in [1.29, 1.82) is 0 Å². The van der Waals surface area contributed by atoms with Gasteiger partial charge in [-0.15, -0.1) is 0 Å². The lowest BCUT2D eigenvalue weighted by atomic mass is 9.82. The molecule has 6 N–H and O–H groups in total. The van der Waals surface area contributed by atoms with Crippen molar-refractivity contribution in [2.45, 2.75) is 80.9 Å². The van der Waals surface area contributed by atoms with Crippen molar-refractivity contribution in [2.75, 3.05) is 16.8 Å². The first-order valence-electron chi connectivity index (χ1n) is 14.5. The van der Waals surface area contributed by atoms with E-state index in [1.807, 2.05) is 0 Å². The molecule has 2 saturated heterocycles. The summed E-state index contributed by atoms with van der Waals surface area (Å²) in [5.41, 5.74) is -1.37. The molecular weight excluding hydrogens is 613 g/mol. The molecule has 9 atom stereocenters. The van der Waals surface area contributed by atoms with Gasteiger partial charge in [-0.1, -0.05) is 19.1 Å². The van der Waals surface area contributed by atoms with E-state index in [1.54, 1.807) is 19.1 Å². The van der Waals surface area contributed by atoms with Crippen molar-refractivity contribution < 1.29 is 53.6 Å². The van der Waals surface area contributed by atoms with E-state index in [9.17, 15) is 45.2 Å². The number of non-ortho nitro benzene ring substituents is 1. The number of fused-ring (bicyclic) bond motifs is 2. The molecule has 3 heterocycles. The van der Waals surface area contributed by atoms with Gasteiger partial charge >= 0.3 is 0 Å². The molecule has 0 saturated carbocycles. The largest absolute Gasteiger partial charge is 0.396 e.